The first-order chi connectivity index (χ1) is 5.74. The van der Waals surface area contributed by atoms with Crippen molar-refractivity contribution >= 4 is 11.8 Å². The van der Waals surface area contributed by atoms with Gasteiger partial charge in [-0.25, -0.2) is 9.67 Å². The molecule has 0 saturated carbocycles. The molecule has 1 atom stereocenters. The van der Waals surface area contributed by atoms with E-state index in [2.05, 4.69) is 22.3 Å². The average Bonchev–Trinajstić information content (AvgIpc) is 2.37. The van der Waals surface area contributed by atoms with Crippen LogP contribution in [0.3, 0.4) is 0 Å². The van der Waals surface area contributed by atoms with Gasteiger partial charge in [-0.15, -0.1) is 0 Å². The molecular formula is C7H14N4S. The third-order valence-electron chi connectivity index (χ3n) is 1.47. The lowest BCUT2D eigenvalue weighted by Gasteiger charge is -2.08. The molecule has 68 valence electrons. The first kappa shape index (κ1) is 9.54. The normalized spacial score (nSPS) is 13.2. The summed E-state index contributed by atoms with van der Waals surface area (Å²) in [5.74, 6) is 0. The lowest BCUT2D eigenvalue weighted by atomic mass is 10.5. The molecule has 5 heteroatoms. The Morgan fingerprint density at radius 3 is 3.00 bits per heavy atom. The summed E-state index contributed by atoms with van der Waals surface area (Å²) >= 11 is 1.73. The van der Waals surface area contributed by atoms with E-state index in [1.54, 1.807) is 22.8 Å². The number of thioether (sulfide) groups is 1. The Morgan fingerprint density at radius 2 is 2.50 bits per heavy atom. The summed E-state index contributed by atoms with van der Waals surface area (Å²) in [6.45, 7) is 3.15. The van der Waals surface area contributed by atoms with Crippen molar-refractivity contribution in [2.75, 3.05) is 13.6 Å². The number of aryl methyl sites for hydroxylation is 1. The van der Waals surface area contributed by atoms with Crippen LogP contribution in [-0.2, 0) is 7.05 Å². The number of nitrogens with zero attached hydrogens (tertiary/aromatic N) is 3. The summed E-state index contributed by atoms with van der Waals surface area (Å²) in [5, 5.41) is 8.61. The Kier molecular flexibility index (Phi) is 3.55. The topological polar surface area (TPSA) is 42.7 Å². The molecule has 0 aliphatic rings. The van der Waals surface area contributed by atoms with Gasteiger partial charge < -0.3 is 5.32 Å². The van der Waals surface area contributed by atoms with Gasteiger partial charge in [0.25, 0.3) is 0 Å². The molecule has 0 spiro atoms. The molecule has 1 aromatic heterocycles. The molecule has 0 radical (unpaired) electrons. The van der Waals surface area contributed by atoms with Crippen LogP contribution in [0.15, 0.2) is 11.5 Å². The molecule has 0 aromatic carbocycles. The van der Waals surface area contributed by atoms with Crippen molar-refractivity contribution in [1.29, 1.82) is 0 Å². The molecule has 0 amide bonds. The van der Waals surface area contributed by atoms with Gasteiger partial charge in [-0.3, -0.25) is 0 Å². The number of rotatable bonds is 4. The largest absolute Gasteiger partial charge is 0.319 e. The SMILES string of the molecule is CNCC(C)Sc1ncnn1C. The Labute approximate surface area is 76.8 Å². The van der Waals surface area contributed by atoms with Crippen LogP contribution >= 0.6 is 11.8 Å². The lowest BCUT2D eigenvalue weighted by Crippen LogP contribution is -2.18. The Hall–Kier alpha value is -0.550. The van der Waals surface area contributed by atoms with Gasteiger partial charge in [0.2, 0.25) is 0 Å². The Morgan fingerprint density at radius 1 is 1.75 bits per heavy atom. The molecule has 0 saturated heterocycles. The monoisotopic (exact) mass is 186 g/mol. The molecule has 1 aromatic rings. The fraction of sp³-hybridized carbons (Fsp3) is 0.714. The number of nitrogens with one attached hydrogen (secondary N) is 1. The maximum atomic E-state index is 4.13. The molecule has 0 bridgehead atoms. The summed E-state index contributed by atoms with van der Waals surface area (Å²) in [5.41, 5.74) is 0. The van der Waals surface area contributed by atoms with Crippen molar-refractivity contribution in [1.82, 2.24) is 20.1 Å². The van der Waals surface area contributed by atoms with Crippen molar-refractivity contribution in [3.63, 3.8) is 0 Å². The van der Waals surface area contributed by atoms with Gasteiger partial charge in [0, 0.05) is 18.8 Å². The molecule has 4 nitrogen and oxygen atoms in total. The number of aromatic nitrogens is 3. The van der Waals surface area contributed by atoms with Crippen LogP contribution in [0.4, 0.5) is 0 Å². The van der Waals surface area contributed by atoms with Crippen molar-refractivity contribution in [2.24, 2.45) is 7.05 Å². The van der Waals surface area contributed by atoms with Crippen molar-refractivity contribution < 1.29 is 0 Å². The maximum Gasteiger partial charge on any atom is 0.186 e. The molecular weight excluding hydrogens is 172 g/mol. The minimum Gasteiger partial charge on any atom is -0.319 e. The minimum atomic E-state index is 0.526. The third-order valence-corrected chi connectivity index (χ3v) is 2.62. The van der Waals surface area contributed by atoms with Crippen LogP contribution in [0.2, 0.25) is 0 Å². The molecule has 12 heavy (non-hydrogen) atoms. The number of hydrogen-bond donors (Lipinski definition) is 1. The molecule has 1 N–H and O–H groups in total. The Bertz CT molecular complexity index is 235. The van der Waals surface area contributed by atoms with Gasteiger partial charge in [-0.05, 0) is 7.05 Å². The van der Waals surface area contributed by atoms with Crippen LogP contribution < -0.4 is 5.32 Å². The molecule has 0 fully saturated rings. The van der Waals surface area contributed by atoms with Gasteiger partial charge >= 0.3 is 0 Å². The molecule has 0 aliphatic carbocycles. The average molecular weight is 186 g/mol. The van der Waals surface area contributed by atoms with E-state index < -0.39 is 0 Å². The van der Waals surface area contributed by atoms with Crippen LogP contribution in [0, 0.1) is 0 Å². The van der Waals surface area contributed by atoms with E-state index in [1.807, 2.05) is 14.1 Å². The highest BCUT2D eigenvalue weighted by Gasteiger charge is 2.06. The first-order valence-corrected chi connectivity index (χ1v) is 4.77. The van der Waals surface area contributed by atoms with Gasteiger partial charge in [0.15, 0.2) is 5.16 Å². The quantitative estimate of drug-likeness (QED) is 0.696. The second kappa shape index (κ2) is 4.47. The molecule has 1 unspecified atom stereocenters. The van der Waals surface area contributed by atoms with E-state index in [0.29, 0.717) is 5.25 Å². The second-order valence-corrected chi connectivity index (χ2v) is 4.06. The first-order valence-electron chi connectivity index (χ1n) is 3.89. The van der Waals surface area contributed by atoms with Crippen LogP contribution in [-0.4, -0.2) is 33.6 Å². The Balaban J connectivity index is 2.46. The molecule has 1 heterocycles. The van der Waals surface area contributed by atoms with E-state index in [0.717, 1.165) is 11.7 Å². The zero-order chi connectivity index (χ0) is 8.97. The van der Waals surface area contributed by atoms with E-state index in [4.69, 9.17) is 0 Å². The van der Waals surface area contributed by atoms with Crippen molar-refractivity contribution in [3.8, 4) is 0 Å². The van der Waals surface area contributed by atoms with Crippen molar-refractivity contribution in [2.45, 2.75) is 17.3 Å². The summed E-state index contributed by atoms with van der Waals surface area (Å²) in [4.78, 5) is 4.13. The van der Waals surface area contributed by atoms with Gasteiger partial charge in [0.1, 0.15) is 6.33 Å². The fourth-order valence-electron chi connectivity index (χ4n) is 0.901. The van der Waals surface area contributed by atoms with E-state index in [1.165, 1.54) is 0 Å². The zero-order valence-electron chi connectivity index (χ0n) is 7.61. The predicted molar refractivity (Wildman–Crippen MR) is 50.2 cm³/mol. The van der Waals surface area contributed by atoms with E-state index in [9.17, 15) is 0 Å². The van der Waals surface area contributed by atoms with Crippen LogP contribution in [0.25, 0.3) is 0 Å². The van der Waals surface area contributed by atoms with Crippen LogP contribution in [0.5, 0.6) is 0 Å². The maximum absolute atomic E-state index is 4.13. The highest BCUT2D eigenvalue weighted by atomic mass is 32.2. The smallest absolute Gasteiger partial charge is 0.186 e. The summed E-state index contributed by atoms with van der Waals surface area (Å²) in [7, 11) is 3.86. The fourth-order valence-corrected chi connectivity index (χ4v) is 1.82. The molecule has 0 aliphatic heterocycles. The highest BCUT2D eigenvalue weighted by Crippen LogP contribution is 2.18. The molecule has 1 rings (SSSR count). The highest BCUT2D eigenvalue weighted by molar-refractivity contribution is 7.99. The van der Waals surface area contributed by atoms with E-state index in [-0.39, 0.29) is 0 Å². The summed E-state index contributed by atoms with van der Waals surface area (Å²) in [6.07, 6.45) is 1.58. The van der Waals surface area contributed by atoms with Gasteiger partial charge in [-0.1, -0.05) is 18.7 Å². The predicted octanol–water partition coefficient (Wildman–Crippen LogP) is 0.515. The summed E-state index contributed by atoms with van der Waals surface area (Å²) < 4.78 is 1.79. The zero-order valence-corrected chi connectivity index (χ0v) is 8.43. The van der Waals surface area contributed by atoms with E-state index >= 15 is 0 Å². The van der Waals surface area contributed by atoms with Crippen molar-refractivity contribution in [3.05, 3.63) is 6.33 Å². The lowest BCUT2D eigenvalue weighted by molar-refractivity contribution is 0.680. The minimum absolute atomic E-state index is 0.526. The second-order valence-electron chi connectivity index (χ2n) is 2.65. The summed E-state index contributed by atoms with van der Waals surface area (Å²) in [6, 6.07) is 0. The third kappa shape index (κ3) is 2.49. The van der Waals surface area contributed by atoms with Gasteiger partial charge in [-0.2, -0.15) is 5.10 Å². The standard InChI is InChI=1S/C7H14N4S/c1-6(4-8-2)12-7-9-5-10-11(7)3/h5-6,8H,4H2,1-3H3. The van der Waals surface area contributed by atoms with Gasteiger partial charge in [0.05, 0.1) is 0 Å². The number of hydrogen-bond acceptors (Lipinski definition) is 4. The van der Waals surface area contributed by atoms with Crippen LogP contribution in [0.1, 0.15) is 6.92 Å².